The number of para-hydroxylation sites is 1. The van der Waals surface area contributed by atoms with Crippen LogP contribution in [-0.4, -0.2) is 30.6 Å². The van der Waals surface area contributed by atoms with Crippen LogP contribution < -0.4 is 5.32 Å². The van der Waals surface area contributed by atoms with Crippen molar-refractivity contribution in [3.63, 3.8) is 0 Å². The molecule has 110 valence electrons. The fourth-order valence-electron chi connectivity index (χ4n) is 3.23. The first-order valence-corrected chi connectivity index (χ1v) is 7.17. The first-order chi connectivity index (χ1) is 9.45. The number of halogens is 4. The van der Waals surface area contributed by atoms with Gasteiger partial charge in [0.15, 0.2) is 0 Å². The first kappa shape index (κ1) is 14.0. The quantitative estimate of drug-likeness (QED) is 0.892. The predicted octanol–water partition coefficient (Wildman–Crippen LogP) is 3.86. The van der Waals surface area contributed by atoms with Gasteiger partial charge in [-0.15, -0.1) is 0 Å². The third kappa shape index (κ3) is 2.61. The molecule has 0 aromatic heterocycles. The minimum Gasteiger partial charge on any atom is -0.380 e. The topological polar surface area (TPSA) is 15.3 Å². The number of hydrogen-bond donors (Lipinski definition) is 1. The second-order valence-electron chi connectivity index (χ2n) is 5.55. The van der Waals surface area contributed by atoms with Gasteiger partial charge < -0.3 is 10.2 Å². The van der Waals surface area contributed by atoms with Gasteiger partial charge in [0.2, 0.25) is 0 Å². The maximum Gasteiger partial charge on any atom is 0.418 e. The van der Waals surface area contributed by atoms with Crippen molar-refractivity contribution in [2.75, 3.05) is 25.0 Å². The Morgan fingerprint density at radius 2 is 1.95 bits per heavy atom. The summed E-state index contributed by atoms with van der Waals surface area (Å²) in [6.07, 6.45) is -2.47. The van der Waals surface area contributed by atoms with Crippen LogP contribution in [0.1, 0.15) is 18.4 Å². The maximum atomic E-state index is 13.1. The molecule has 1 N–H and O–H groups in total. The van der Waals surface area contributed by atoms with Gasteiger partial charge in [-0.2, -0.15) is 13.2 Å². The zero-order chi connectivity index (χ0) is 14.3. The number of anilines is 1. The van der Waals surface area contributed by atoms with Crippen molar-refractivity contribution < 1.29 is 13.2 Å². The molecule has 0 spiro atoms. The van der Waals surface area contributed by atoms with Crippen LogP contribution >= 0.6 is 11.6 Å². The molecule has 20 heavy (non-hydrogen) atoms. The van der Waals surface area contributed by atoms with Gasteiger partial charge in [-0.05, 0) is 37.4 Å². The SMILES string of the molecule is FC(F)(F)c1cccc(Cl)c1NC1CCN2CCC1C2. The molecule has 0 amide bonds. The third-order valence-electron chi connectivity index (χ3n) is 4.28. The van der Waals surface area contributed by atoms with E-state index in [2.05, 4.69) is 10.2 Å². The summed E-state index contributed by atoms with van der Waals surface area (Å²) >= 11 is 5.98. The molecule has 2 saturated heterocycles. The number of fused-ring (bicyclic) bond motifs is 2. The van der Waals surface area contributed by atoms with Crippen molar-refractivity contribution >= 4 is 17.3 Å². The zero-order valence-electron chi connectivity index (χ0n) is 10.9. The molecular formula is C14H16ClF3N2. The van der Waals surface area contributed by atoms with Gasteiger partial charge in [-0.3, -0.25) is 0 Å². The van der Waals surface area contributed by atoms with Gasteiger partial charge in [-0.1, -0.05) is 17.7 Å². The van der Waals surface area contributed by atoms with Gasteiger partial charge >= 0.3 is 6.18 Å². The molecule has 0 radical (unpaired) electrons. The highest BCUT2D eigenvalue weighted by Crippen LogP contribution is 2.40. The summed E-state index contributed by atoms with van der Waals surface area (Å²) in [5, 5.41) is 3.21. The molecule has 2 nitrogen and oxygen atoms in total. The number of hydrogen-bond acceptors (Lipinski definition) is 2. The number of benzene rings is 1. The molecule has 0 aliphatic carbocycles. The summed E-state index contributed by atoms with van der Waals surface area (Å²) in [5.41, 5.74) is -0.641. The number of nitrogens with one attached hydrogen (secondary N) is 1. The smallest absolute Gasteiger partial charge is 0.380 e. The fourth-order valence-corrected chi connectivity index (χ4v) is 3.46. The molecule has 2 fully saturated rings. The highest BCUT2D eigenvalue weighted by molar-refractivity contribution is 6.33. The molecule has 3 atom stereocenters. The highest BCUT2D eigenvalue weighted by Gasteiger charge is 2.38. The Balaban J connectivity index is 1.87. The van der Waals surface area contributed by atoms with E-state index in [-0.39, 0.29) is 16.8 Å². The number of nitrogens with zero attached hydrogens (tertiary/aromatic N) is 1. The van der Waals surface area contributed by atoms with E-state index < -0.39 is 11.7 Å². The number of alkyl halides is 3. The van der Waals surface area contributed by atoms with E-state index in [1.165, 1.54) is 12.1 Å². The average Bonchev–Trinajstić information content (AvgIpc) is 2.76. The van der Waals surface area contributed by atoms with Gasteiger partial charge in [0.05, 0.1) is 16.3 Å². The lowest BCUT2D eigenvalue weighted by atomic mass is 9.93. The molecule has 0 saturated carbocycles. The van der Waals surface area contributed by atoms with Crippen LogP contribution in [0.5, 0.6) is 0 Å². The van der Waals surface area contributed by atoms with Crippen molar-refractivity contribution in [2.24, 2.45) is 5.92 Å². The largest absolute Gasteiger partial charge is 0.418 e. The van der Waals surface area contributed by atoms with Crippen LogP contribution in [0.15, 0.2) is 18.2 Å². The van der Waals surface area contributed by atoms with Gasteiger partial charge in [-0.25, -0.2) is 0 Å². The summed E-state index contributed by atoms with van der Waals surface area (Å²) in [6.45, 7) is 2.97. The molecule has 2 bridgehead atoms. The molecule has 2 heterocycles. The Bertz CT molecular complexity index is 504. The summed E-state index contributed by atoms with van der Waals surface area (Å²) < 4.78 is 39.2. The summed E-state index contributed by atoms with van der Waals surface area (Å²) in [4.78, 5) is 2.36. The molecule has 3 unspecified atom stereocenters. The van der Waals surface area contributed by atoms with E-state index in [9.17, 15) is 13.2 Å². The Kier molecular flexibility index (Phi) is 3.58. The first-order valence-electron chi connectivity index (χ1n) is 6.80. The summed E-state index contributed by atoms with van der Waals surface area (Å²) in [7, 11) is 0. The Hall–Kier alpha value is -0.940. The zero-order valence-corrected chi connectivity index (χ0v) is 11.6. The molecule has 1 aromatic rings. The van der Waals surface area contributed by atoms with Crippen LogP contribution in [0.25, 0.3) is 0 Å². The van der Waals surface area contributed by atoms with Crippen LogP contribution in [0.3, 0.4) is 0 Å². The van der Waals surface area contributed by atoms with E-state index in [4.69, 9.17) is 11.6 Å². The minimum absolute atomic E-state index is 0.0343. The minimum atomic E-state index is -4.39. The van der Waals surface area contributed by atoms with Crippen LogP contribution in [0.4, 0.5) is 18.9 Å². The maximum absolute atomic E-state index is 13.1. The Morgan fingerprint density at radius 1 is 1.20 bits per heavy atom. The fraction of sp³-hybridized carbons (Fsp3) is 0.571. The molecule has 1 aromatic carbocycles. The van der Waals surface area contributed by atoms with Crippen molar-refractivity contribution in [3.8, 4) is 0 Å². The van der Waals surface area contributed by atoms with E-state index in [0.29, 0.717) is 5.92 Å². The molecule has 6 heteroatoms. The lowest BCUT2D eigenvalue weighted by Gasteiger charge is -2.32. The summed E-state index contributed by atoms with van der Waals surface area (Å²) in [5.74, 6) is 0.418. The van der Waals surface area contributed by atoms with Gasteiger partial charge in [0, 0.05) is 19.1 Å². The Labute approximate surface area is 120 Å². The molecule has 3 rings (SSSR count). The normalized spacial score (nSPS) is 29.5. The van der Waals surface area contributed by atoms with Crippen molar-refractivity contribution in [3.05, 3.63) is 28.8 Å². The van der Waals surface area contributed by atoms with Gasteiger partial charge in [0.25, 0.3) is 0 Å². The van der Waals surface area contributed by atoms with E-state index in [0.717, 1.165) is 38.5 Å². The van der Waals surface area contributed by atoms with Crippen molar-refractivity contribution in [2.45, 2.75) is 25.1 Å². The molecular weight excluding hydrogens is 289 g/mol. The molecule has 2 aliphatic heterocycles. The van der Waals surface area contributed by atoms with Gasteiger partial charge in [0.1, 0.15) is 0 Å². The van der Waals surface area contributed by atoms with E-state index in [1.807, 2.05) is 0 Å². The standard InChI is InChI=1S/C14H16ClF3N2/c15-11-3-1-2-10(14(16,17)18)13(11)19-12-5-7-20-6-4-9(12)8-20/h1-3,9,12,19H,4-8H2. The van der Waals surface area contributed by atoms with Crippen LogP contribution in [-0.2, 0) is 6.18 Å². The predicted molar refractivity (Wildman–Crippen MR) is 73.0 cm³/mol. The second kappa shape index (κ2) is 5.11. The van der Waals surface area contributed by atoms with Crippen LogP contribution in [0, 0.1) is 5.92 Å². The summed E-state index contributed by atoms with van der Waals surface area (Å²) in [6, 6.07) is 4.00. The highest BCUT2D eigenvalue weighted by atomic mass is 35.5. The second-order valence-corrected chi connectivity index (χ2v) is 5.96. The lowest BCUT2D eigenvalue weighted by molar-refractivity contribution is -0.137. The van der Waals surface area contributed by atoms with Crippen molar-refractivity contribution in [1.82, 2.24) is 4.90 Å². The van der Waals surface area contributed by atoms with Crippen LogP contribution in [0.2, 0.25) is 5.02 Å². The Morgan fingerprint density at radius 3 is 2.70 bits per heavy atom. The lowest BCUT2D eigenvalue weighted by Crippen LogP contribution is -2.40. The number of piperidine rings is 1. The van der Waals surface area contributed by atoms with Crippen molar-refractivity contribution in [1.29, 1.82) is 0 Å². The monoisotopic (exact) mass is 304 g/mol. The third-order valence-corrected chi connectivity index (χ3v) is 4.60. The number of rotatable bonds is 2. The van der Waals surface area contributed by atoms with E-state index in [1.54, 1.807) is 0 Å². The molecule has 2 aliphatic rings. The van der Waals surface area contributed by atoms with E-state index >= 15 is 0 Å². The average molecular weight is 305 g/mol.